The number of aromatic nitrogens is 1. The van der Waals surface area contributed by atoms with Gasteiger partial charge in [0.25, 0.3) is 0 Å². The molecule has 2 heteroatoms. The summed E-state index contributed by atoms with van der Waals surface area (Å²) in [5.41, 5.74) is 11.8. The quantitative estimate of drug-likeness (QED) is 0.172. The molecule has 0 aliphatic rings. The van der Waals surface area contributed by atoms with Gasteiger partial charge in [0.1, 0.15) is 0 Å². The van der Waals surface area contributed by atoms with Crippen molar-refractivity contribution in [2.75, 3.05) is 4.90 Å². The largest absolute Gasteiger partial charge is 0.310 e. The fraction of sp³-hybridized carbons (Fsp3) is 0. The van der Waals surface area contributed by atoms with Gasteiger partial charge < -0.3 is 9.47 Å². The first-order valence-corrected chi connectivity index (χ1v) is 17.8. The summed E-state index contributed by atoms with van der Waals surface area (Å²) in [6.45, 7) is 0. The van der Waals surface area contributed by atoms with E-state index in [1.807, 2.05) is 0 Å². The van der Waals surface area contributed by atoms with Crippen LogP contribution in [0.2, 0.25) is 0 Å². The molecule has 0 saturated heterocycles. The minimum absolute atomic E-state index is 1.12. The molecule has 0 amide bonds. The van der Waals surface area contributed by atoms with Crippen LogP contribution in [-0.2, 0) is 0 Å². The van der Waals surface area contributed by atoms with E-state index in [4.69, 9.17) is 0 Å². The van der Waals surface area contributed by atoms with Crippen molar-refractivity contribution in [3.63, 3.8) is 0 Å². The Morgan fingerprint density at radius 3 is 1.54 bits per heavy atom. The van der Waals surface area contributed by atoms with Crippen LogP contribution in [0.3, 0.4) is 0 Å². The van der Waals surface area contributed by atoms with Crippen LogP contribution < -0.4 is 4.90 Å². The summed E-state index contributed by atoms with van der Waals surface area (Å²) in [4.78, 5) is 2.37. The molecule has 10 rings (SSSR count). The van der Waals surface area contributed by atoms with Crippen LogP contribution in [0.5, 0.6) is 0 Å². The molecule has 10 aromatic rings. The van der Waals surface area contributed by atoms with Crippen LogP contribution in [0.25, 0.3) is 71.3 Å². The number of anilines is 3. The summed E-state index contributed by atoms with van der Waals surface area (Å²) in [5.74, 6) is 0. The molecule has 0 bridgehead atoms. The molecule has 0 atom stereocenters. The first-order chi connectivity index (χ1) is 25.8. The van der Waals surface area contributed by atoms with Gasteiger partial charge in [0.2, 0.25) is 0 Å². The third-order valence-electron chi connectivity index (χ3n) is 10.3. The monoisotopic (exact) mass is 662 g/mol. The van der Waals surface area contributed by atoms with E-state index in [1.165, 1.54) is 65.6 Å². The summed E-state index contributed by atoms with van der Waals surface area (Å²) < 4.78 is 2.37. The molecule has 2 nitrogen and oxygen atoms in total. The third-order valence-corrected chi connectivity index (χ3v) is 10.3. The van der Waals surface area contributed by atoms with Gasteiger partial charge in [0, 0.05) is 33.5 Å². The highest BCUT2D eigenvalue weighted by Gasteiger charge is 2.17. The fourth-order valence-corrected chi connectivity index (χ4v) is 7.76. The Morgan fingerprint density at radius 2 is 0.788 bits per heavy atom. The van der Waals surface area contributed by atoms with Crippen LogP contribution in [0, 0.1) is 0 Å². The Morgan fingerprint density at radius 1 is 0.288 bits per heavy atom. The van der Waals surface area contributed by atoms with Crippen molar-refractivity contribution in [2.45, 2.75) is 0 Å². The number of nitrogens with zero attached hydrogens (tertiary/aromatic N) is 2. The van der Waals surface area contributed by atoms with E-state index in [1.54, 1.807) is 0 Å². The molecule has 52 heavy (non-hydrogen) atoms. The van der Waals surface area contributed by atoms with Gasteiger partial charge in [-0.15, -0.1) is 0 Å². The van der Waals surface area contributed by atoms with E-state index in [9.17, 15) is 0 Å². The molecule has 0 spiro atoms. The summed E-state index contributed by atoms with van der Waals surface area (Å²) in [7, 11) is 0. The standard InChI is InChI=1S/C50H34N2/c1-3-13-43(14-4-1)51(46-29-30-50-48(34-46)47-17-9-10-18-49(47)52(50)44-15-5-2-6-16-44)45-28-27-41-32-40(25-26-42(41)33-45)37-21-19-36(20-22-37)39-24-23-35-11-7-8-12-38(35)31-39/h1-34H. The lowest BCUT2D eigenvalue weighted by molar-refractivity contribution is 1.18. The fourth-order valence-electron chi connectivity index (χ4n) is 7.76. The van der Waals surface area contributed by atoms with Gasteiger partial charge >= 0.3 is 0 Å². The van der Waals surface area contributed by atoms with Crippen molar-refractivity contribution in [1.82, 2.24) is 4.57 Å². The second-order valence-electron chi connectivity index (χ2n) is 13.4. The van der Waals surface area contributed by atoms with E-state index >= 15 is 0 Å². The lowest BCUT2D eigenvalue weighted by Crippen LogP contribution is -2.09. The van der Waals surface area contributed by atoms with Gasteiger partial charge in [-0.2, -0.15) is 0 Å². The predicted molar refractivity (Wildman–Crippen MR) is 221 cm³/mol. The highest BCUT2D eigenvalue weighted by Crippen LogP contribution is 2.41. The van der Waals surface area contributed by atoms with Crippen molar-refractivity contribution < 1.29 is 0 Å². The second kappa shape index (κ2) is 12.5. The van der Waals surface area contributed by atoms with E-state index in [-0.39, 0.29) is 0 Å². The first-order valence-electron chi connectivity index (χ1n) is 17.8. The molecular formula is C50H34N2. The average molecular weight is 663 g/mol. The third kappa shape index (κ3) is 5.21. The van der Waals surface area contributed by atoms with Crippen LogP contribution >= 0.6 is 0 Å². The number of fused-ring (bicyclic) bond motifs is 5. The molecule has 0 fully saturated rings. The molecular weight excluding hydrogens is 629 g/mol. The highest BCUT2D eigenvalue weighted by molar-refractivity contribution is 6.10. The smallest absolute Gasteiger partial charge is 0.0542 e. The predicted octanol–water partition coefficient (Wildman–Crippen LogP) is 13.9. The molecule has 9 aromatic carbocycles. The number of hydrogen-bond donors (Lipinski definition) is 0. The zero-order valence-electron chi connectivity index (χ0n) is 28.5. The lowest BCUT2D eigenvalue weighted by atomic mass is 9.97. The Labute approximate surface area is 303 Å². The number of hydrogen-bond acceptors (Lipinski definition) is 1. The van der Waals surface area contributed by atoms with Crippen LogP contribution in [0.1, 0.15) is 0 Å². The van der Waals surface area contributed by atoms with Crippen molar-refractivity contribution in [3.8, 4) is 27.9 Å². The number of benzene rings is 9. The van der Waals surface area contributed by atoms with Gasteiger partial charge in [-0.3, -0.25) is 0 Å². The Kier molecular flexibility index (Phi) is 7.18. The maximum Gasteiger partial charge on any atom is 0.0542 e. The normalized spacial score (nSPS) is 11.5. The van der Waals surface area contributed by atoms with E-state index in [0.29, 0.717) is 0 Å². The minimum Gasteiger partial charge on any atom is -0.310 e. The maximum absolute atomic E-state index is 2.37. The molecule has 0 aliphatic carbocycles. The number of rotatable bonds is 6. The van der Waals surface area contributed by atoms with Crippen molar-refractivity contribution in [1.29, 1.82) is 0 Å². The zero-order chi connectivity index (χ0) is 34.4. The molecule has 1 heterocycles. The first kappa shape index (κ1) is 30.0. The van der Waals surface area contributed by atoms with Crippen LogP contribution in [0.15, 0.2) is 206 Å². The molecule has 1 aromatic heterocycles. The molecule has 0 unspecified atom stereocenters. The number of para-hydroxylation sites is 3. The average Bonchev–Trinajstić information content (AvgIpc) is 3.55. The van der Waals surface area contributed by atoms with Gasteiger partial charge in [0.15, 0.2) is 0 Å². The topological polar surface area (TPSA) is 8.17 Å². The Balaban J connectivity index is 1.02. The van der Waals surface area contributed by atoms with Crippen molar-refractivity contribution >= 4 is 60.4 Å². The Bertz CT molecular complexity index is 2890. The summed E-state index contributed by atoms with van der Waals surface area (Å²) in [5, 5.41) is 7.43. The van der Waals surface area contributed by atoms with Crippen molar-refractivity contribution in [2.24, 2.45) is 0 Å². The Hall–Kier alpha value is -6.90. The van der Waals surface area contributed by atoms with Gasteiger partial charge in [-0.1, -0.05) is 133 Å². The molecule has 0 saturated carbocycles. The van der Waals surface area contributed by atoms with Gasteiger partial charge in [0.05, 0.1) is 11.0 Å². The molecule has 0 radical (unpaired) electrons. The lowest BCUT2D eigenvalue weighted by Gasteiger charge is -2.26. The molecule has 244 valence electrons. The van der Waals surface area contributed by atoms with Crippen LogP contribution in [-0.4, -0.2) is 4.57 Å². The van der Waals surface area contributed by atoms with E-state index in [2.05, 4.69) is 216 Å². The van der Waals surface area contributed by atoms with Crippen LogP contribution in [0.4, 0.5) is 17.1 Å². The van der Waals surface area contributed by atoms with E-state index < -0.39 is 0 Å². The van der Waals surface area contributed by atoms with E-state index in [0.717, 1.165) is 22.7 Å². The highest BCUT2D eigenvalue weighted by atomic mass is 15.1. The molecule has 0 N–H and O–H groups in total. The minimum atomic E-state index is 1.12. The SMILES string of the molecule is c1ccc(N(c2ccc3cc(-c4ccc(-c5ccc6ccccc6c5)cc4)ccc3c2)c2ccc3c(c2)c2ccccc2n3-c2ccccc2)cc1. The maximum atomic E-state index is 2.37. The van der Waals surface area contributed by atoms with Gasteiger partial charge in [-0.25, -0.2) is 0 Å². The van der Waals surface area contributed by atoms with Gasteiger partial charge in [-0.05, 0) is 117 Å². The molecule has 0 aliphatic heterocycles. The second-order valence-corrected chi connectivity index (χ2v) is 13.4. The summed E-state index contributed by atoms with van der Waals surface area (Å²) >= 11 is 0. The zero-order valence-corrected chi connectivity index (χ0v) is 28.5. The van der Waals surface area contributed by atoms with Crippen molar-refractivity contribution in [3.05, 3.63) is 206 Å². The summed E-state index contributed by atoms with van der Waals surface area (Å²) in [6, 6.07) is 74.7. The summed E-state index contributed by atoms with van der Waals surface area (Å²) in [6.07, 6.45) is 0.